The maximum Gasteiger partial charge on any atom is 0.235 e. The van der Waals surface area contributed by atoms with Crippen LogP contribution in [0.3, 0.4) is 0 Å². The first-order valence-electron chi connectivity index (χ1n) is 10.9. The Morgan fingerprint density at radius 3 is 2.82 bits per heavy atom. The average molecular weight is 466 g/mol. The van der Waals surface area contributed by atoms with E-state index >= 15 is 0 Å². The lowest BCUT2D eigenvalue weighted by molar-refractivity contribution is -0.113. The summed E-state index contributed by atoms with van der Waals surface area (Å²) in [5, 5.41) is 25.1. The normalized spacial score (nSPS) is 15.5. The zero-order valence-corrected chi connectivity index (χ0v) is 20.1. The van der Waals surface area contributed by atoms with Gasteiger partial charge in [0.15, 0.2) is 0 Å². The molecule has 1 unspecified atom stereocenters. The number of nitrogens with zero attached hydrogens (tertiary/aromatic N) is 6. The molecule has 0 bridgehead atoms. The number of benzene rings is 1. The molecule has 4 rings (SSSR count). The van der Waals surface area contributed by atoms with E-state index in [0.717, 1.165) is 42.0 Å². The molecular formula is C23H27N7O2S. The molecule has 1 N–H and O–H groups in total. The molecule has 3 heterocycles. The topological polar surface area (TPSA) is 111 Å². The van der Waals surface area contributed by atoms with Crippen LogP contribution in [0.4, 0.5) is 5.82 Å². The van der Waals surface area contributed by atoms with Crippen LogP contribution < -0.4 is 5.32 Å². The number of carbonyl (C=O) groups excluding carboxylic acids is 1. The molecule has 0 saturated carbocycles. The summed E-state index contributed by atoms with van der Waals surface area (Å²) in [6, 6.07) is 8.23. The lowest BCUT2D eigenvalue weighted by atomic mass is 10.1. The van der Waals surface area contributed by atoms with Crippen molar-refractivity contribution in [2.75, 3.05) is 17.7 Å². The SMILES string of the molecule is Cc1ccc(-n2nnnc2SCC(=O)Nc2c(C#N)c(C)c(C)n2CC2CCCO2)cc1C. The van der Waals surface area contributed by atoms with Crippen LogP contribution in [0.1, 0.15) is 40.8 Å². The smallest absolute Gasteiger partial charge is 0.235 e. The minimum absolute atomic E-state index is 0.0923. The van der Waals surface area contributed by atoms with E-state index in [0.29, 0.717) is 23.1 Å². The van der Waals surface area contributed by atoms with E-state index in [1.54, 1.807) is 4.68 Å². The number of thioether (sulfide) groups is 1. The number of hydrogen-bond acceptors (Lipinski definition) is 7. The fourth-order valence-corrected chi connectivity index (χ4v) is 4.63. The first-order chi connectivity index (χ1) is 15.9. The zero-order chi connectivity index (χ0) is 23.5. The number of aryl methyl sites for hydroxylation is 2. The Balaban J connectivity index is 1.49. The van der Waals surface area contributed by atoms with Gasteiger partial charge in [0.05, 0.1) is 29.7 Å². The van der Waals surface area contributed by atoms with Crippen LogP contribution in [-0.4, -0.2) is 49.1 Å². The number of nitrogens with one attached hydrogen (secondary N) is 1. The summed E-state index contributed by atoms with van der Waals surface area (Å²) in [4.78, 5) is 12.9. The number of ether oxygens (including phenoxy) is 1. The Kier molecular flexibility index (Phi) is 6.81. The second-order valence-corrected chi connectivity index (χ2v) is 9.21. The maximum absolute atomic E-state index is 12.9. The molecule has 1 saturated heterocycles. The van der Waals surface area contributed by atoms with Gasteiger partial charge in [-0.25, -0.2) is 0 Å². The molecule has 33 heavy (non-hydrogen) atoms. The fraction of sp³-hybridized carbons (Fsp3) is 0.435. The van der Waals surface area contributed by atoms with Crippen LogP contribution in [0.25, 0.3) is 5.69 Å². The number of tetrazole rings is 1. The van der Waals surface area contributed by atoms with E-state index in [1.807, 2.05) is 50.5 Å². The van der Waals surface area contributed by atoms with Crippen molar-refractivity contribution >= 4 is 23.5 Å². The van der Waals surface area contributed by atoms with Gasteiger partial charge in [0.1, 0.15) is 11.9 Å². The molecule has 0 spiro atoms. The third-order valence-corrected chi connectivity index (χ3v) is 7.04. The predicted molar refractivity (Wildman–Crippen MR) is 126 cm³/mol. The van der Waals surface area contributed by atoms with Crippen LogP contribution in [0.5, 0.6) is 0 Å². The van der Waals surface area contributed by atoms with Gasteiger partial charge in [0.25, 0.3) is 0 Å². The monoisotopic (exact) mass is 465 g/mol. The van der Waals surface area contributed by atoms with Crippen LogP contribution in [0, 0.1) is 39.0 Å². The van der Waals surface area contributed by atoms with Crippen LogP contribution >= 0.6 is 11.8 Å². The summed E-state index contributed by atoms with van der Waals surface area (Å²) in [6.07, 6.45) is 2.10. The van der Waals surface area contributed by atoms with Crippen molar-refractivity contribution < 1.29 is 9.53 Å². The van der Waals surface area contributed by atoms with Gasteiger partial charge < -0.3 is 14.6 Å². The molecule has 172 valence electrons. The number of carbonyl (C=O) groups is 1. The number of aromatic nitrogens is 5. The molecule has 1 amide bonds. The van der Waals surface area contributed by atoms with E-state index in [1.165, 1.54) is 17.3 Å². The molecule has 9 nitrogen and oxygen atoms in total. The van der Waals surface area contributed by atoms with Gasteiger partial charge in [-0.05, 0) is 79.8 Å². The summed E-state index contributed by atoms with van der Waals surface area (Å²) in [5.41, 5.74) is 5.49. The summed E-state index contributed by atoms with van der Waals surface area (Å²) in [7, 11) is 0. The van der Waals surface area contributed by atoms with Gasteiger partial charge in [-0.15, -0.1) is 5.10 Å². The second kappa shape index (κ2) is 9.77. The van der Waals surface area contributed by atoms with E-state index in [9.17, 15) is 10.1 Å². The Bertz CT molecular complexity index is 1220. The maximum atomic E-state index is 12.9. The number of rotatable bonds is 7. The Labute approximate surface area is 197 Å². The Hall–Kier alpha value is -3.16. The highest BCUT2D eigenvalue weighted by molar-refractivity contribution is 7.99. The highest BCUT2D eigenvalue weighted by Gasteiger charge is 2.24. The van der Waals surface area contributed by atoms with Gasteiger partial charge in [0.2, 0.25) is 11.1 Å². The number of amides is 1. The van der Waals surface area contributed by atoms with Crippen molar-refractivity contribution in [3.05, 3.63) is 46.1 Å². The van der Waals surface area contributed by atoms with E-state index in [2.05, 4.69) is 26.9 Å². The van der Waals surface area contributed by atoms with Crippen molar-refractivity contribution in [2.45, 2.75) is 58.3 Å². The van der Waals surface area contributed by atoms with Crippen LogP contribution in [-0.2, 0) is 16.1 Å². The van der Waals surface area contributed by atoms with Gasteiger partial charge in [-0.2, -0.15) is 9.94 Å². The first-order valence-corrected chi connectivity index (χ1v) is 11.9. The van der Waals surface area contributed by atoms with Crippen LogP contribution in [0.15, 0.2) is 23.4 Å². The van der Waals surface area contributed by atoms with Gasteiger partial charge in [-0.1, -0.05) is 17.8 Å². The number of hydrogen-bond donors (Lipinski definition) is 1. The van der Waals surface area contributed by atoms with Crippen molar-refractivity contribution in [3.8, 4) is 11.8 Å². The molecular weight excluding hydrogens is 438 g/mol. The molecule has 2 aromatic heterocycles. The lowest BCUT2D eigenvalue weighted by Crippen LogP contribution is -2.22. The van der Waals surface area contributed by atoms with Gasteiger partial charge in [0, 0.05) is 12.3 Å². The quantitative estimate of drug-likeness (QED) is 0.532. The average Bonchev–Trinajstić information content (AvgIpc) is 3.53. The molecule has 1 atom stereocenters. The van der Waals surface area contributed by atoms with E-state index < -0.39 is 0 Å². The summed E-state index contributed by atoms with van der Waals surface area (Å²) in [5.74, 6) is 0.416. The van der Waals surface area contributed by atoms with Gasteiger partial charge >= 0.3 is 0 Å². The van der Waals surface area contributed by atoms with E-state index in [4.69, 9.17) is 4.74 Å². The molecule has 0 aliphatic carbocycles. The lowest BCUT2D eigenvalue weighted by Gasteiger charge is -2.16. The third kappa shape index (κ3) is 4.79. The highest BCUT2D eigenvalue weighted by atomic mass is 32.2. The Morgan fingerprint density at radius 1 is 1.30 bits per heavy atom. The molecule has 1 aliphatic rings. The second-order valence-electron chi connectivity index (χ2n) is 8.27. The third-order valence-electron chi connectivity index (χ3n) is 6.12. The van der Waals surface area contributed by atoms with Gasteiger partial charge in [-0.3, -0.25) is 4.79 Å². The fourth-order valence-electron chi connectivity index (χ4n) is 3.94. The van der Waals surface area contributed by atoms with Crippen molar-refractivity contribution in [3.63, 3.8) is 0 Å². The minimum atomic E-state index is -0.225. The summed E-state index contributed by atoms with van der Waals surface area (Å²) in [6.45, 7) is 9.32. The number of nitriles is 1. The van der Waals surface area contributed by atoms with Crippen molar-refractivity contribution in [1.82, 2.24) is 24.8 Å². The summed E-state index contributed by atoms with van der Waals surface area (Å²) < 4.78 is 9.39. The minimum Gasteiger partial charge on any atom is -0.376 e. The highest BCUT2D eigenvalue weighted by Crippen LogP contribution is 2.29. The van der Waals surface area contributed by atoms with E-state index in [-0.39, 0.29) is 17.8 Å². The molecule has 1 aliphatic heterocycles. The molecule has 10 heteroatoms. The first kappa shape index (κ1) is 23.0. The molecule has 1 fully saturated rings. The predicted octanol–water partition coefficient (Wildman–Crippen LogP) is 3.48. The van der Waals surface area contributed by atoms with Crippen molar-refractivity contribution in [1.29, 1.82) is 5.26 Å². The zero-order valence-electron chi connectivity index (χ0n) is 19.3. The van der Waals surface area contributed by atoms with Crippen molar-refractivity contribution in [2.24, 2.45) is 0 Å². The molecule has 1 aromatic carbocycles. The largest absolute Gasteiger partial charge is 0.376 e. The Morgan fingerprint density at radius 2 is 2.12 bits per heavy atom. The number of anilines is 1. The molecule has 3 aromatic rings. The standard InChI is InChI=1S/C23H27N7O2S/c1-14-7-8-18(10-15(14)2)30-23(26-27-28-30)33-13-21(31)25-22-20(11-24)16(3)17(4)29(22)12-19-6-5-9-32-19/h7-8,10,19H,5-6,9,12-13H2,1-4H3,(H,25,31). The molecule has 0 radical (unpaired) electrons. The van der Waals surface area contributed by atoms with Crippen LogP contribution in [0.2, 0.25) is 0 Å². The summed E-state index contributed by atoms with van der Waals surface area (Å²) >= 11 is 1.25.